The molecule has 5 heteroatoms. The molecule has 1 aliphatic heterocycles. The second kappa shape index (κ2) is 7.05. The van der Waals surface area contributed by atoms with Crippen LogP contribution in [0.5, 0.6) is 0 Å². The Hall–Kier alpha value is -1.85. The molecule has 0 radical (unpaired) electrons. The van der Waals surface area contributed by atoms with Crippen LogP contribution in [-0.4, -0.2) is 27.5 Å². The van der Waals surface area contributed by atoms with Crippen LogP contribution in [0.1, 0.15) is 43.0 Å². The average Bonchev–Trinajstić information content (AvgIpc) is 3.24. The molecule has 2 aromatic carbocycles. The highest BCUT2D eigenvalue weighted by Crippen LogP contribution is 2.40. The summed E-state index contributed by atoms with van der Waals surface area (Å²) in [6.45, 7) is 1.79. The number of rotatable bonds is 6. The maximum absolute atomic E-state index is 5.87. The van der Waals surface area contributed by atoms with Crippen molar-refractivity contribution in [2.45, 2.75) is 55.2 Å². The van der Waals surface area contributed by atoms with Gasteiger partial charge in [-0.05, 0) is 42.0 Å². The number of thioether (sulfide) groups is 1. The van der Waals surface area contributed by atoms with Gasteiger partial charge in [0, 0.05) is 18.3 Å². The summed E-state index contributed by atoms with van der Waals surface area (Å²) in [6.07, 6.45) is 5.13. The van der Waals surface area contributed by atoms with Gasteiger partial charge in [0.25, 0.3) is 0 Å². The Morgan fingerprint density at radius 1 is 1.04 bits per heavy atom. The molecule has 2 heterocycles. The Labute approximate surface area is 158 Å². The predicted molar refractivity (Wildman–Crippen MR) is 104 cm³/mol. The first-order valence-electron chi connectivity index (χ1n) is 9.52. The molecule has 1 unspecified atom stereocenters. The highest BCUT2D eigenvalue weighted by Gasteiger charge is 2.31. The number of nitrogens with zero attached hydrogens (tertiary/aromatic N) is 3. The molecule has 0 spiro atoms. The molecule has 1 saturated heterocycles. The third-order valence-corrected chi connectivity index (χ3v) is 6.35. The first kappa shape index (κ1) is 16.3. The predicted octanol–water partition coefficient (Wildman–Crippen LogP) is 4.78. The topological polar surface area (TPSA) is 39.9 Å². The zero-order valence-electron chi connectivity index (χ0n) is 14.8. The summed E-state index contributed by atoms with van der Waals surface area (Å²) in [5, 5.41) is 12.7. The fourth-order valence-corrected chi connectivity index (χ4v) is 4.73. The van der Waals surface area contributed by atoms with Crippen LogP contribution >= 0.6 is 11.8 Å². The molecule has 0 amide bonds. The van der Waals surface area contributed by atoms with Gasteiger partial charge in [-0.25, -0.2) is 0 Å². The van der Waals surface area contributed by atoms with Gasteiger partial charge in [-0.1, -0.05) is 54.2 Å². The summed E-state index contributed by atoms with van der Waals surface area (Å²) in [6, 6.07) is 15.1. The van der Waals surface area contributed by atoms with E-state index >= 15 is 0 Å². The van der Waals surface area contributed by atoms with Crippen LogP contribution in [0.3, 0.4) is 0 Å². The smallest absolute Gasteiger partial charge is 0.191 e. The maximum atomic E-state index is 5.87. The molecule has 3 aromatic rings. The van der Waals surface area contributed by atoms with Crippen molar-refractivity contribution in [3.05, 3.63) is 53.9 Å². The molecule has 1 atom stereocenters. The van der Waals surface area contributed by atoms with Gasteiger partial charge >= 0.3 is 0 Å². The summed E-state index contributed by atoms with van der Waals surface area (Å²) in [7, 11) is 0. The SMILES string of the molecule is c1ccc2c(CSc3nnc(C4CC4)n3CC3CCCO3)cccc2c1. The van der Waals surface area contributed by atoms with E-state index in [0.29, 0.717) is 12.0 Å². The monoisotopic (exact) mass is 365 g/mol. The third-order valence-electron chi connectivity index (χ3n) is 5.33. The van der Waals surface area contributed by atoms with Crippen molar-refractivity contribution < 1.29 is 4.74 Å². The number of benzene rings is 2. The average molecular weight is 366 g/mol. The van der Waals surface area contributed by atoms with Gasteiger partial charge in [0.05, 0.1) is 12.6 Å². The molecule has 26 heavy (non-hydrogen) atoms. The van der Waals surface area contributed by atoms with Gasteiger partial charge in [-0.3, -0.25) is 0 Å². The number of aromatic nitrogens is 3. The number of ether oxygens (including phenoxy) is 1. The van der Waals surface area contributed by atoms with Crippen molar-refractivity contribution in [3.8, 4) is 0 Å². The van der Waals surface area contributed by atoms with Crippen molar-refractivity contribution in [3.63, 3.8) is 0 Å². The summed E-state index contributed by atoms with van der Waals surface area (Å²) < 4.78 is 8.21. The fourth-order valence-electron chi connectivity index (χ4n) is 3.77. The van der Waals surface area contributed by atoms with E-state index in [-0.39, 0.29) is 0 Å². The molecule has 2 fully saturated rings. The van der Waals surface area contributed by atoms with E-state index in [1.807, 2.05) is 0 Å². The summed E-state index contributed by atoms with van der Waals surface area (Å²) >= 11 is 1.80. The van der Waals surface area contributed by atoms with Crippen molar-refractivity contribution in [2.75, 3.05) is 6.61 Å². The lowest BCUT2D eigenvalue weighted by molar-refractivity contribution is 0.0942. The van der Waals surface area contributed by atoms with E-state index in [1.165, 1.54) is 41.4 Å². The third kappa shape index (κ3) is 3.26. The zero-order valence-corrected chi connectivity index (χ0v) is 15.6. The zero-order chi connectivity index (χ0) is 17.3. The van der Waals surface area contributed by atoms with Crippen molar-refractivity contribution in [1.82, 2.24) is 14.8 Å². The summed E-state index contributed by atoms with van der Waals surface area (Å²) in [5.74, 6) is 2.69. The minimum Gasteiger partial charge on any atom is -0.376 e. The van der Waals surface area contributed by atoms with Gasteiger partial charge in [-0.15, -0.1) is 10.2 Å². The van der Waals surface area contributed by atoms with Gasteiger partial charge in [0.15, 0.2) is 5.16 Å². The molecule has 1 aromatic heterocycles. The van der Waals surface area contributed by atoms with Gasteiger partial charge < -0.3 is 9.30 Å². The lowest BCUT2D eigenvalue weighted by atomic mass is 10.1. The van der Waals surface area contributed by atoms with Gasteiger partial charge in [0.2, 0.25) is 0 Å². The molecule has 134 valence electrons. The molecule has 2 aliphatic rings. The van der Waals surface area contributed by atoms with Crippen molar-refractivity contribution >= 4 is 22.5 Å². The van der Waals surface area contributed by atoms with E-state index in [0.717, 1.165) is 30.5 Å². The fraction of sp³-hybridized carbons (Fsp3) is 0.429. The Morgan fingerprint density at radius 3 is 2.77 bits per heavy atom. The van der Waals surface area contributed by atoms with Crippen LogP contribution in [0, 0.1) is 0 Å². The molecule has 4 nitrogen and oxygen atoms in total. The lowest BCUT2D eigenvalue weighted by Gasteiger charge is -2.14. The first-order valence-corrected chi connectivity index (χ1v) is 10.5. The van der Waals surface area contributed by atoms with Crippen LogP contribution in [0.15, 0.2) is 47.6 Å². The van der Waals surface area contributed by atoms with Crippen molar-refractivity contribution in [1.29, 1.82) is 0 Å². The quantitative estimate of drug-likeness (QED) is 0.589. The van der Waals surface area contributed by atoms with Gasteiger partial charge in [0.1, 0.15) is 5.82 Å². The number of hydrogen-bond acceptors (Lipinski definition) is 4. The van der Waals surface area contributed by atoms with E-state index in [9.17, 15) is 0 Å². The standard InChI is InChI=1S/C21H23N3OS/c1-2-9-19-15(5-1)6-3-7-17(19)14-26-21-23-22-20(16-10-11-16)24(21)13-18-8-4-12-25-18/h1-3,5-7,9,16,18H,4,8,10-14H2. The molecule has 1 aliphatic carbocycles. The summed E-state index contributed by atoms with van der Waals surface area (Å²) in [4.78, 5) is 0. The van der Waals surface area contributed by atoms with E-state index in [1.54, 1.807) is 11.8 Å². The highest BCUT2D eigenvalue weighted by atomic mass is 32.2. The second-order valence-corrected chi connectivity index (χ2v) is 8.23. The van der Waals surface area contributed by atoms with E-state index in [2.05, 4.69) is 57.2 Å². The summed E-state index contributed by atoms with van der Waals surface area (Å²) in [5.41, 5.74) is 1.35. The Bertz CT molecular complexity index is 907. The highest BCUT2D eigenvalue weighted by molar-refractivity contribution is 7.98. The molecule has 0 N–H and O–H groups in total. The minimum atomic E-state index is 0.320. The number of hydrogen-bond donors (Lipinski definition) is 0. The lowest BCUT2D eigenvalue weighted by Crippen LogP contribution is -2.17. The molecule has 1 saturated carbocycles. The molecule has 5 rings (SSSR count). The van der Waals surface area contributed by atoms with Crippen LogP contribution in [-0.2, 0) is 17.0 Å². The Morgan fingerprint density at radius 2 is 1.92 bits per heavy atom. The van der Waals surface area contributed by atoms with Crippen LogP contribution in [0.2, 0.25) is 0 Å². The first-order chi connectivity index (χ1) is 12.9. The van der Waals surface area contributed by atoms with E-state index < -0.39 is 0 Å². The Balaban J connectivity index is 1.39. The largest absolute Gasteiger partial charge is 0.376 e. The molecule has 0 bridgehead atoms. The number of fused-ring (bicyclic) bond motifs is 1. The Kier molecular flexibility index (Phi) is 4.43. The molecular weight excluding hydrogens is 342 g/mol. The normalized spacial score (nSPS) is 20.1. The van der Waals surface area contributed by atoms with Crippen LogP contribution in [0.4, 0.5) is 0 Å². The van der Waals surface area contributed by atoms with Crippen LogP contribution in [0.25, 0.3) is 10.8 Å². The van der Waals surface area contributed by atoms with E-state index in [4.69, 9.17) is 4.74 Å². The maximum Gasteiger partial charge on any atom is 0.191 e. The second-order valence-electron chi connectivity index (χ2n) is 7.29. The van der Waals surface area contributed by atoms with Crippen molar-refractivity contribution in [2.24, 2.45) is 0 Å². The molecular formula is C21H23N3OS. The van der Waals surface area contributed by atoms with Crippen LogP contribution < -0.4 is 0 Å². The van der Waals surface area contributed by atoms with Gasteiger partial charge in [-0.2, -0.15) is 0 Å². The minimum absolute atomic E-state index is 0.320.